The van der Waals surface area contributed by atoms with Crippen molar-refractivity contribution in [3.8, 4) is 11.1 Å². The molecule has 2 aromatic carbocycles. The average Bonchev–Trinajstić information content (AvgIpc) is 2.49. The van der Waals surface area contributed by atoms with Crippen molar-refractivity contribution in [1.29, 1.82) is 0 Å². The maximum Gasteiger partial charge on any atom is 0.0717 e. The lowest BCUT2D eigenvalue weighted by atomic mass is 10.0. The van der Waals surface area contributed by atoms with Crippen molar-refractivity contribution in [2.75, 3.05) is 12.9 Å². The van der Waals surface area contributed by atoms with Crippen LogP contribution in [0.15, 0.2) is 48.5 Å². The monoisotopic (exact) mass is 286 g/mol. The quantitative estimate of drug-likeness (QED) is 0.651. The van der Waals surface area contributed by atoms with E-state index in [9.17, 15) is 0 Å². The zero-order valence-electron chi connectivity index (χ0n) is 12.3. The first-order valence-corrected chi connectivity index (χ1v) is 8.48. The fraction of sp³-hybridized carbons (Fsp3) is 0.333. The Morgan fingerprint density at radius 3 is 2.25 bits per heavy atom. The molecule has 0 saturated heterocycles. The summed E-state index contributed by atoms with van der Waals surface area (Å²) < 4.78 is 5.62. The summed E-state index contributed by atoms with van der Waals surface area (Å²) in [5.74, 6) is 1.06. The summed E-state index contributed by atoms with van der Waals surface area (Å²) in [6, 6.07) is 17.4. The largest absolute Gasteiger partial charge is 0.377 e. The van der Waals surface area contributed by atoms with Gasteiger partial charge in [0.15, 0.2) is 0 Å². The van der Waals surface area contributed by atoms with Crippen LogP contribution < -0.4 is 0 Å². The van der Waals surface area contributed by atoms with Crippen molar-refractivity contribution < 1.29 is 4.74 Å². The Kier molecular flexibility index (Phi) is 6.16. The van der Waals surface area contributed by atoms with E-state index >= 15 is 0 Å². The van der Waals surface area contributed by atoms with E-state index in [0.717, 1.165) is 18.8 Å². The standard InChI is InChI=1S/C18H22OS/c1-3-10-19-13-15-6-4-8-17(11-15)18-9-5-7-16(12-18)14-20-2/h4-9,11-12H,3,10,13-14H2,1-2H3. The van der Waals surface area contributed by atoms with Crippen molar-refractivity contribution in [3.05, 3.63) is 59.7 Å². The number of thioether (sulfide) groups is 1. The zero-order chi connectivity index (χ0) is 14.2. The van der Waals surface area contributed by atoms with Crippen LogP contribution in [0.3, 0.4) is 0 Å². The summed E-state index contributed by atoms with van der Waals surface area (Å²) in [7, 11) is 0. The van der Waals surface area contributed by atoms with Gasteiger partial charge in [-0.1, -0.05) is 49.4 Å². The highest BCUT2D eigenvalue weighted by Gasteiger charge is 2.01. The minimum absolute atomic E-state index is 0.701. The Bertz CT molecular complexity index is 536. The van der Waals surface area contributed by atoms with Gasteiger partial charge in [-0.3, -0.25) is 0 Å². The summed E-state index contributed by atoms with van der Waals surface area (Å²) >= 11 is 1.86. The molecular weight excluding hydrogens is 264 g/mol. The Morgan fingerprint density at radius 1 is 0.950 bits per heavy atom. The summed E-state index contributed by atoms with van der Waals surface area (Å²) in [5.41, 5.74) is 5.17. The van der Waals surface area contributed by atoms with Gasteiger partial charge in [0.1, 0.15) is 0 Å². The number of ether oxygens (including phenoxy) is 1. The molecule has 1 nitrogen and oxygen atoms in total. The summed E-state index contributed by atoms with van der Waals surface area (Å²) in [5, 5.41) is 0. The lowest BCUT2D eigenvalue weighted by Crippen LogP contribution is -1.94. The molecule has 0 aromatic heterocycles. The highest BCUT2D eigenvalue weighted by atomic mass is 32.2. The second-order valence-electron chi connectivity index (χ2n) is 4.89. The second-order valence-corrected chi connectivity index (χ2v) is 5.75. The third-order valence-corrected chi connectivity index (χ3v) is 3.74. The fourth-order valence-corrected chi connectivity index (χ4v) is 2.70. The predicted molar refractivity (Wildman–Crippen MR) is 89.0 cm³/mol. The van der Waals surface area contributed by atoms with E-state index < -0.39 is 0 Å². The number of benzene rings is 2. The Labute approximate surface area is 126 Å². The molecule has 0 aliphatic rings. The van der Waals surface area contributed by atoms with Crippen LogP contribution >= 0.6 is 11.8 Å². The van der Waals surface area contributed by atoms with Gasteiger partial charge in [-0.2, -0.15) is 11.8 Å². The van der Waals surface area contributed by atoms with Crippen LogP contribution in [0.4, 0.5) is 0 Å². The summed E-state index contributed by atoms with van der Waals surface area (Å²) in [6.07, 6.45) is 3.20. The molecule has 2 aromatic rings. The molecular formula is C18H22OS. The Morgan fingerprint density at radius 2 is 1.60 bits per heavy atom. The molecule has 0 aliphatic heterocycles. The minimum atomic E-state index is 0.701. The van der Waals surface area contributed by atoms with Crippen molar-refractivity contribution in [3.63, 3.8) is 0 Å². The highest BCUT2D eigenvalue weighted by Crippen LogP contribution is 2.23. The molecule has 0 amide bonds. The lowest BCUT2D eigenvalue weighted by Gasteiger charge is -2.08. The van der Waals surface area contributed by atoms with Gasteiger partial charge in [0.25, 0.3) is 0 Å². The Balaban J connectivity index is 2.15. The molecule has 2 heteroatoms. The first kappa shape index (κ1) is 15.1. The highest BCUT2D eigenvalue weighted by molar-refractivity contribution is 7.97. The molecule has 106 valence electrons. The lowest BCUT2D eigenvalue weighted by molar-refractivity contribution is 0.121. The van der Waals surface area contributed by atoms with E-state index in [2.05, 4.69) is 61.7 Å². The zero-order valence-corrected chi connectivity index (χ0v) is 13.1. The first-order valence-electron chi connectivity index (χ1n) is 7.08. The van der Waals surface area contributed by atoms with Crippen LogP contribution in [0.25, 0.3) is 11.1 Å². The predicted octanol–water partition coefficient (Wildman–Crippen LogP) is 5.14. The van der Waals surface area contributed by atoms with Crippen LogP contribution in [0.5, 0.6) is 0 Å². The molecule has 0 N–H and O–H groups in total. The van der Waals surface area contributed by atoms with Gasteiger partial charge in [-0.05, 0) is 41.0 Å². The molecule has 2 rings (SSSR count). The van der Waals surface area contributed by atoms with Crippen LogP contribution in [0, 0.1) is 0 Å². The first-order chi connectivity index (χ1) is 9.83. The molecule has 0 heterocycles. The molecule has 0 bridgehead atoms. The molecule has 0 unspecified atom stereocenters. The summed E-state index contributed by atoms with van der Waals surface area (Å²) in [6.45, 7) is 3.66. The van der Waals surface area contributed by atoms with Crippen LogP contribution in [0.1, 0.15) is 24.5 Å². The van der Waals surface area contributed by atoms with Crippen LogP contribution in [-0.4, -0.2) is 12.9 Å². The third-order valence-electron chi connectivity index (χ3n) is 3.12. The van der Waals surface area contributed by atoms with Crippen molar-refractivity contribution in [1.82, 2.24) is 0 Å². The van der Waals surface area contributed by atoms with E-state index in [1.807, 2.05) is 11.8 Å². The second kappa shape index (κ2) is 8.13. The van der Waals surface area contributed by atoms with Gasteiger partial charge in [0.05, 0.1) is 6.61 Å². The van der Waals surface area contributed by atoms with Gasteiger partial charge in [0.2, 0.25) is 0 Å². The van der Waals surface area contributed by atoms with Gasteiger partial charge in [0, 0.05) is 12.4 Å². The van der Waals surface area contributed by atoms with Gasteiger partial charge in [-0.15, -0.1) is 0 Å². The molecule has 20 heavy (non-hydrogen) atoms. The van der Waals surface area contributed by atoms with E-state index in [-0.39, 0.29) is 0 Å². The van der Waals surface area contributed by atoms with E-state index in [1.54, 1.807) is 0 Å². The van der Waals surface area contributed by atoms with Gasteiger partial charge < -0.3 is 4.74 Å². The molecule has 0 saturated carbocycles. The maximum atomic E-state index is 5.62. The molecule has 0 fully saturated rings. The number of hydrogen-bond acceptors (Lipinski definition) is 2. The number of hydrogen-bond donors (Lipinski definition) is 0. The van der Waals surface area contributed by atoms with E-state index in [0.29, 0.717) is 6.61 Å². The van der Waals surface area contributed by atoms with Crippen LogP contribution in [-0.2, 0) is 17.1 Å². The molecule has 0 spiro atoms. The van der Waals surface area contributed by atoms with Crippen molar-refractivity contribution in [2.24, 2.45) is 0 Å². The van der Waals surface area contributed by atoms with Gasteiger partial charge in [-0.25, -0.2) is 0 Å². The normalized spacial score (nSPS) is 10.7. The molecule has 0 aliphatic carbocycles. The Hall–Kier alpha value is -1.25. The minimum Gasteiger partial charge on any atom is -0.377 e. The van der Waals surface area contributed by atoms with E-state index in [4.69, 9.17) is 4.74 Å². The topological polar surface area (TPSA) is 9.23 Å². The third kappa shape index (κ3) is 4.39. The fourth-order valence-electron chi connectivity index (χ4n) is 2.18. The van der Waals surface area contributed by atoms with Crippen molar-refractivity contribution in [2.45, 2.75) is 25.7 Å². The summed E-state index contributed by atoms with van der Waals surface area (Å²) in [4.78, 5) is 0. The average molecular weight is 286 g/mol. The van der Waals surface area contributed by atoms with Gasteiger partial charge >= 0.3 is 0 Å². The number of rotatable bonds is 7. The smallest absolute Gasteiger partial charge is 0.0717 e. The van der Waals surface area contributed by atoms with E-state index in [1.165, 1.54) is 22.3 Å². The molecule has 0 radical (unpaired) electrons. The van der Waals surface area contributed by atoms with Crippen LogP contribution in [0.2, 0.25) is 0 Å². The maximum absolute atomic E-state index is 5.62. The molecule has 0 atom stereocenters. The SMILES string of the molecule is CCCOCc1cccc(-c2cccc(CSC)c2)c1. The van der Waals surface area contributed by atoms with Crippen molar-refractivity contribution >= 4 is 11.8 Å².